The normalized spacial score (nSPS) is 10.8. The maximum absolute atomic E-state index is 13.3. The van der Waals surface area contributed by atoms with Crippen molar-refractivity contribution in [2.75, 3.05) is 0 Å². The van der Waals surface area contributed by atoms with Gasteiger partial charge < -0.3 is 4.42 Å². The molecule has 0 saturated carbocycles. The zero-order chi connectivity index (χ0) is 10.3. The molecule has 14 heavy (non-hydrogen) atoms. The Morgan fingerprint density at radius 1 is 1.50 bits per heavy atom. The minimum Gasteiger partial charge on any atom is -0.450 e. The van der Waals surface area contributed by atoms with Crippen molar-refractivity contribution in [2.24, 2.45) is 0 Å². The van der Waals surface area contributed by atoms with Gasteiger partial charge in [0.1, 0.15) is 0 Å². The molecule has 0 atom stereocenters. The number of Topliss-reactive ketones (excluding diaryl/α,β-unsaturated/α-hetero) is 1. The third-order valence-electron chi connectivity index (χ3n) is 1.93. The first-order valence-corrected chi connectivity index (χ1v) is 4.36. The zero-order valence-electron chi connectivity index (χ0n) is 7.30. The van der Waals surface area contributed by atoms with Gasteiger partial charge in [-0.15, -0.1) is 0 Å². The second kappa shape index (κ2) is 3.10. The third-order valence-corrected chi connectivity index (χ3v) is 2.22. The Morgan fingerprint density at radius 2 is 2.21 bits per heavy atom. The average Bonchev–Trinajstić information content (AvgIpc) is 2.56. The van der Waals surface area contributed by atoms with Crippen molar-refractivity contribution in [3.05, 3.63) is 34.8 Å². The highest BCUT2D eigenvalue weighted by atomic mass is 35.5. The number of hydrogen-bond acceptors (Lipinski definition) is 2. The lowest BCUT2D eigenvalue weighted by Crippen LogP contribution is -1.85. The second-order valence-electron chi connectivity index (χ2n) is 2.95. The van der Waals surface area contributed by atoms with Crippen LogP contribution in [-0.2, 0) is 0 Å². The van der Waals surface area contributed by atoms with Gasteiger partial charge in [0.05, 0.1) is 5.02 Å². The van der Waals surface area contributed by atoms with Gasteiger partial charge in [-0.2, -0.15) is 0 Å². The molecule has 0 aliphatic heterocycles. The van der Waals surface area contributed by atoms with E-state index in [-0.39, 0.29) is 22.1 Å². The molecule has 1 heterocycles. The molecule has 0 saturated heterocycles. The molecule has 0 fully saturated rings. The summed E-state index contributed by atoms with van der Waals surface area (Å²) < 4.78 is 18.4. The van der Waals surface area contributed by atoms with Crippen molar-refractivity contribution in [3.63, 3.8) is 0 Å². The molecular weight excluding hydrogens is 207 g/mol. The van der Waals surface area contributed by atoms with E-state index in [0.29, 0.717) is 5.39 Å². The standard InChI is InChI=1S/C10H6ClFO2/c1-5(13)8-4-6-2-3-7(11)9(12)10(6)14-8/h2-4H,1H3. The molecule has 4 heteroatoms. The average molecular weight is 213 g/mol. The topological polar surface area (TPSA) is 30.2 Å². The van der Waals surface area contributed by atoms with E-state index >= 15 is 0 Å². The molecule has 72 valence electrons. The Bertz CT molecular complexity index is 516. The van der Waals surface area contributed by atoms with Crippen LogP contribution in [0.4, 0.5) is 4.39 Å². The summed E-state index contributed by atoms with van der Waals surface area (Å²) in [6.45, 7) is 1.36. The monoisotopic (exact) mass is 212 g/mol. The van der Waals surface area contributed by atoms with Gasteiger partial charge in [-0.3, -0.25) is 4.79 Å². The lowest BCUT2D eigenvalue weighted by atomic mass is 10.2. The SMILES string of the molecule is CC(=O)c1cc2ccc(Cl)c(F)c2o1. The Morgan fingerprint density at radius 3 is 2.86 bits per heavy atom. The summed E-state index contributed by atoms with van der Waals surface area (Å²) in [7, 11) is 0. The van der Waals surface area contributed by atoms with Crippen LogP contribution in [-0.4, -0.2) is 5.78 Å². The first kappa shape index (κ1) is 9.21. The van der Waals surface area contributed by atoms with E-state index in [1.807, 2.05) is 0 Å². The maximum Gasteiger partial charge on any atom is 0.194 e. The van der Waals surface area contributed by atoms with Crippen molar-refractivity contribution in [2.45, 2.75) is 6.92 Å². The minimum absolute atomic E-state index is 0.0121. The molecule has 1 aromatic heterocycles. The highest BCUT2D eigenvalue weighted by Gasteiger charge is 2.13. The maximum atomic E-state index is 13.3. The lowest BCUT2D eigenvalue weighted by Gasteiger charge is -1.92. The smallest absolute Gasteiger partial charge is 0.194 e. The number of halogens is 2. The van der Waals surface area contributed by atoms with E-state index in [4.69, 9.17) is 16.0 Å². The molecule has 2 rings (SSSR count). The second-order valence-corrected chi connectivity index (χ2v) is 3.35. The van der Waals surface area contributed by atoms with Crippen molar-refractivity contribution in [1.82, 2.24) is 0 Å². The number of carbonyl (C=O) groups is 1. The van der Waals surface area contributed by atoms with Crippen LogP contribution in [0.15, 0.2) is 22.6 Å². The van der Waals surface area contributed by atoms with Crippen molar-refractivity contribution >= 4 is 28.4 Å². The summed E-state index contributed by atoms with van der Waals surface area (Å²) in [6, 6.07) is 4.53. The molecule has 0 amide bonds. The Balaban J connectivity index is 2.77. The van der Waals surface area contributed by atoms with Crippen LogP contribution in [0, 0.1) is 5.82 Å². The molecule has 0 bridgehead atoms. The molecule has 0 aliphatic rings. The van der Waals surface area contributed by atoms with E-state index in [1.165, 1.54) is 19.1 Å². The number of furan rings is 1. The van der Waals surface area contributed by atoms with Gasteiger partial charge in [0.15, 0.2) is 22.9 Å². The van der Waals surface area contributed by atoms with Gasteiger partial charge in [0, 0.05) is 12.3 Å². The van der Waals surface area contributed by atoms with E-state index in [2.05, 4.69) is 0 Å². The van der Waals surface area contributed by atoms with E-state index in [0.717, 1.165) is 0 Å². The Kier molecular flexibility index (Phi) is 2.04. The molecule has 0 aliphatic carbocycles. The Labute approximate surface area is 84.3 Å². The van der Waals surface area contributed by atoms with Gasteiger partial charge in [-0.1, -0.05) is 11.6 Å². The summed E-state index contributed by atoms with van der Waals surface area (Å²) in [5.74, 6) is -0.727. The van der Waals surface area contributed by atoms with Crippen LogP contribution in [0.3, 0.4) is 0 Å². The molecule has 0 N–H and O–H groups in total. The molecule has 0 unspecified atom stereocenters. The predicted octanol–water partition coefficient (Wildman–Crippen LogP) is 3.43. The number of hydrogen-bond donors (Lipinski definition) is 0. The molecule has 2 aromatic rings. The van der Waals surface area contributed by atoms with Crippen LogP contribution in [0.25, 0.3) is 11.0 Å². The number of rotatable bonds is 1. The number of fused-ring (bicyclic) bond motifs is 1. The third kappa shape index (κ3) is 1.30. The molecule has 1 aromatic carbocycles. The number of carbonyl (C=O) groups excluding carboxylic acids is 1. The summed E-state index contributed by atoms with van der Waals surface area (Å²) in [5.41, 5.74) is 0.0303. The molecule has 0 spiro atoms. The zero-order valence-corrected chi connectivity index (χ0v) is 8.06. The summed E-state index contributed by atoms with van der Waals surface area (Å²) in [5, 5.41) is 0.527. The first-order chi connectivity index (χ1) is 6.59. The highest BCUT2D eigenvalue weighted by Crippen LogP contribution is 2.27. The summed E-state index contributed by atoms with van der Waals surface area (Å²) in [6.07, 6.45) is 0. The van der Waals surface area contributed by atoms with Crippen LogP contribution < -0.4 is 0 Å². The fraction of sp³-hybridized carbons (Fsp3) is 0.100. The largest absolute Gasteiger partial charge is 0.450 e. The van der Waals surface area contributed by atoms with Gasteiger partial charge >= 0.3 is 0 Å². The summed E-state index contributed by atoms with van der Waals surface area (Å²) in [4.78, 5) is 11.0. The van der Waals surface area contributed by atoms with Crippen molar-refractivity contribution < 1.29 is 13.6 Å². The van der Waals surface area contributed by atoms with E-state index in [9.17, 15) is 9.18 Å². The quantitative estimate of drug-likeness (QED) is 0.678. The van der Waals surface area contributed by atoms with Crippen LogP contribution in [0.1, 0.15) is 17.5 Å². The van der Waals surface area contributed by atoms with Crippen molar-refractivity contribution in [3.8, 4) is 0 Å². The first-order valence-electron chi connectivity index (χ1n) is 3.98. The lowest BCUT2D eigenvalue weighted by molar-refractivity contribution is 0.0989. The van der Waals surface area contributed by atoms with Gasteiger partial charge in [-0.05, 0) is 18.2 Å². The van der Waals surface area contributed by atoms with Gasteiger partial charge in [-0.25, -0.2) is 4.39 Å². The van der Waals surface area contributed by atoms with Crippen LogP contribution in [0.5, 0.6) is 0 Å². The number of benzene rings is 1. The molecule has 2 nitrogen and oxygen atoms in total. The molecular formula is C10H6ClFO2. The number of ketones is 1. The molecule has 0 radical (unpaired) electrons. The minimum atomic E-state index is -0.628. The van der Waals surface area contributed by atoms with Crippen LogP contribution >= 0.6 is 11.6 Å². The fourth-order valence-electron chi connectivity index (χ4n) is 1.22. The highest BCUT2D eigenvalue weighted by molar-refractivity contribution is 6.31. The Hall–Kier alpha value is -1.35. The van der Waals surface area contributed by atoms with Crippen LogP contribution in [0.2, 0.25) is 5.02 Å². The van der Waals surface area contributed by atoms with Crippen molar-refractivity contribution in [1.29, 1.82) is 0 Å². The summed E-state index contributed by atoms with van der Waals surface area (Å²) >= 11 is 5.56. The van der Waals surface area contributed by atoms with Gasteiger partial charge in [0.2, 0.25) is 0 Å². The predicted molar refractivity (Wildman–Crippen MR) is 51.2 cm³/mol. The van der Waals surface area contributed by atoms with Gasteiger partial charge in [0.25, 0.3) is 0 Å². The van der Waals surface area contributed by atoms with E-state index < -0.39 is 5.82 Å². The fourth-order valence-corrected chi connectivity index (χ4v) is 1.37. The van der Waals surface area contributed by atoms with E-state index in [1.54, 1.807) is 6.07 Å².